The van der Waals surface area contributed by atoms with Crippen LogP contribution in [0.3, 0.4) is 0 Å². The van der Waals surface area contributed by atoms with Crippen LogP contribution in [0.15, 0.2) is 24.3 Å². The first-order chi connectivity index (χ1) is 5.54. The maximum Gasteiger partial charge on any atom is -0.0143 e. The predicted molar refractivity (Wildman–Crippen MR) is 55.0 cm³/mol. The Morgan fingerprint density at radius 2 is 2.08 bits per heavy atom. The summed E-state index contributed by atoms with van der Waals surface area (Å²) in [5, 5.41) is 0. The number of hydrogen-bond acceptors (Lipinski definition) is 0. The highest BCUT2D eigenvalue weighted by atomic mass is 14.5. The van der Waals surface area contributed by atoms with Gasteiger partial charge in [-0.05, 0) is 37.5 Å². The zero-order valence-electron chi connectivity index (χ0n) is 8.72. The summed E-state index contributed by atoms with van der Waals surface area (Å²) in [6.45, 7) is 12.9. The first kappa shape index (κ1) is 9.57. The van der Waals surface area contributed by atoms with Gasteiger partial charge in [-0.25, -0.2) is 0 Å². The lowest BCUT2D eigenvalue weighted by molar-refractivity contribution is 0.0389. The van der Waals surface area contributed by atoms with Crippen molar-refractivity contribution in [2.45, 2.75) is 34.1 Å². The van der Waals surface area contributed by atoms with Crippen molar-refractivity contribution in [2.24, 2.45) is 17.3 Å². The molecule has 0 saturated heterocycles. The maximum atomic E-state index is 3.88. The lowest BCUT2D eigenvalue weighted by Gasteiger charge is -2.52. The molecule has 68 valence electrons. The van der Waals surface area contributed by atoms with E-state index >= 15 is 0 Å². The van der Waals surface area contributed by atoms with Gasteiger partial charge in [0.25, 0.3) is 0 Å². The third-order valence-corrected chi connectivity index (χ3v) is 3.63. The van der Waals surface area contributed by atoms with Crippen molar-refractivity contribution in [3.8, 4) is 0 Å². The first-order valence-electron chi connectivity index (χ1n) is 4.79. The molecule has 1 aliphatic carbocycles. The fraction of sp³-hybridized carbons (Fsp3) is 0.667. The molecule has 2 atom stereocenters. The monoisotopic (exact) mass is 164 g/mol. The average Bonchev–Trinajstić information content (AvgIpc) is 2.03. The van der Waals surface area contributed by atoms with Crippen LogP contribution >= 0.6 is 0 Å². The Morgan fingerprint density at radius 1 is 1.50 bits per heavy atom. The third-order valence-electron chi connectivity index (χ3n) is 3.63. The van der Waals surface area contributed by atoms with Crippen molar-refractivity contribution >= 4 is 0 Å². The quantitative estimate of drug-likeness (QED) is 0.544. The van der Waals surface area contributed by atoms with Gasteiger partial charge in [0.2, 0.25) is 0 Å². The van der Waals surface area contributed by atoms with E-state index in [1.54, 1.807) is 0 Å². The van der Waals surface area contributed by atoms with Crippen LogP contribution in [0.5, 0.6) is 0 Å². The summed E-state index contributed by atoms with van der Waals surface area (Å²) >= 11 is 0. The van der Waals surface area contributed by atoms with E-state index in [4.69, 9.17) is 0 Å². The van der Waals surface area contributed by atoms with Gasteiger partial charge in [-0.3, -0.25) is 0 Å². The van der Waals surface area contributed by atoms with Crippen molar-refractivity contribution in [1.82, 2.24) is 0 Å². The maximum absolute atomic E-state index is 3.88. The van der Waals surface area contributed by atoms with Crippen LogP contribution in [-0.4, -0.2) is 0 Å². The summed E-state index contributed by atoms with van der Waals surface area (Å²) < 4.78 is 0. The van der Waals surface area contributed by atoms with Crippen LogP contribution in [0, 0.1) is 17.3 Å². The highest BCUT2D eigenvalue weighted by Gasteiger charge is 2.46. The van der Waals surface area contributed by atoms with Crippen LogP contribution in [0.25, 0.3) is 0 Å². The summed E-state index contributed by atoms with van der Waals surface area (Å²) in [4.78, 5) is 0. The van der Waals surface area contributed by atoms with E-state index in [0.29, 0.717) is 5.41 Å². The molecule has 0 radical (unpaired) electrons. The van der Waals surface area contributed by atoms with Gasteiger partial charge in [0.05, 0.1) is 0 Å². The molecule has 0 spiro atoms. The molecule has 1 aliphatic rings. The van der Waals surface area contributed by atoms with E-state index in [9.17, 15) is 0 Å². The standard InChI is InChI=1S/C12H20/c1-6-9(3)11-8-10(7-2)12(11,4)5/h6-7,10-11H,2,8H2,1,3-5H3/b9-6-. The fourth-order valence-corrected chi connectivity index (χ4v) is 2.33. The molecule has 0 aromatic heterocycles. The molecule has 0 aromatic carbocycles. The summed E-state index contributed by atoms with van der Waals surface area (Å²) in [5.74, 6) is 1.50. The van der Waals surface area contributed by atoms with Crippen LogP contribution in [0.2, 0.25) is 0 Å². The molecular weight excluding hydrogens is 144 g/mol. The molecule has 1 fully saturated rings. The van der Waals surface area contributed by atoms with Gasteiger partial charge in [0.15, 0.2) is 0 Å². The summed E-state index contributed by atoms with van der Waals surface area (Å²) in [6.07, 6.45) is 5.65. The lowest BCUT2D eigenvalue weighted by atomic mass is 9.53. The van der Waals surface area contributed by atoms with Crippen LogP contribution in [0.1, 0.15) is 34.1 Å². The molecule has 0 heterocycles. The van der Waals surface area contributed by atoms with Crippen molar-refractivity contribution in [1.29, 1.82) is 0 Å². The van der Waals surface area contributed by atoms with E-state index in [1.165, 1.54) is 12.0 Å². The van der Waals surface area contributed by atoms with Gasteiger partial charge in [-0.1, -0.05) is 31.6 Å². The SMILES string of the molecule is C=CC1CC(/C(C)=C\C)C1(C)C. The second kappa shape index (κ2) is 3.08. The molecular formula is C12H20. The van der Waals surface area contributed by atoms with Gasteiger partial charge < -0.3 is 0 Å². The van der Waals surface area contributed by atoms with Crippen molar-refractivity contribution in [3.63, 3.8) is 0 Å². The molecule has 2 unspecified atom stereocenters. The second-order valence-corrected chi connectivity index (χ2v) is 4.48. The van der Waals surface area contributed by atoms with E-state index < -0.39 is 0 Å². The Kier molecular flexibility index (Phi) is 2.46. The predicted octanol–water partition coefficient (Wildman–Crippen LogP) is 3.80. The summed E-state index contributed by atoms with van der Waals surface area (Å²) in [5.41, 5.74) is 1.98. The highest BCUT2D eigenvalue weighted by Crippen LogP contribution is 2.54. The number of rotatable bonds is 2. The second-order valence-electron chi connectivity index (χ2n) is 4.48. The summed E-state index contributed by atoms with van der Waals surface area (Å²) in [6, 6.07) is 0. The Balaban J connectivity index is 2.71. The van der Waals surface area contributed by atoms with E-state index in [1.807, 2.05) is 0 Å². The molecule has 0 nitrogen and oxygen atoms in total. The number of allylic oxidation sites excluding steroid dienone is 3. The highest BCUT2D eigenvalue weighted by molar-refractivity contribution is 5.17. The minimum Gasteiger partial charge on any atom is -0.103 e. The van der Waals surface area contributed by atoms with Gasteiger partial charge >= 0.3 is 0 Å². The van der Waals surface area contributed by atoms with Crippen molar-refractivity contribution in [3.05, 3.63) is 24.3 Å². The molecule has 1 saturated carbocycles. The third kappa shape index (κ3) is 1.24. The minimum atomic E-state index is 0.443. The Hall–Kier alpha value is -0.520. The lowest BCUT2D eigenvalue weighted by Crippen LogP contribution is -2.44. The van der Waals surface area contributed by atoms with Gasteiger partial charge in [-0.2, -0.15) is 0 Å². The smallest absolute Gasteiger partial charge is 0.0143 e. The van der Waals surface area contributed by atoms with Crippen LogP contribution in [-0.2, 0) is 0 Å². The van der Waals surface area contributed by atoms with Gasteiger partial charge in [0.1, 0.15) is 0 Å². The van der Waals surface area contributed by atoms with Gasteiger partial charge in [-0.15, -0.1) is 6.58 Å². The zero-order valence-corrected chi connectivity index (χ0v) is 8.72. The topological polar surface area (TPSA) is 0 Å². The van der Waals surface area contributed by atoms with E-state index in [0.717, 1.165) is 11.8 Å². The molecule has 1 rings (SSSR count). The molecule has 12 heavy (non-hydrogen) atoms. The Bertz CT molecular complexity index is 208. The normalized spacial score (nSPS) is 34.2. The molecule has 0 bridgehead atoms. The van der Waals surface area contributed by atoms with E-state index in [2.05, 4.69) is 46.4 Å². The average molecular weight is 164 g/mol. The molecule has 0 aromatic rings. The fourth-order valence-electron chi connectivity index (χ4n) is 2.33. The van der Waals surface area contributed by atoms with Gasteiger partial charge in [0, 0.05) is 0 Å². The van der Waals surface area contributed by atoms with Crippen LogP contribution in [0.4, 0.5) is 0 Å². The molecule has 0 amide bonds. The Morgan fingerprint density at radius 3 is 2.42 bits per heavy atom. The van der Waals surface area contributed by atoms with Crippen molar-refractivity contribution in [2.75, 3.05) is 0 Å². The molecule has 0 aliphatic heterocycles. The molecule has 0 N–H and O–H groups in total. The van der Waals surface area contributed by atoms with E-state index in [-0.39, 0.29) is 0 Å². The zero-order chi connectivity index (χ0) is 9.35. The first-order valence-corrected chi connectivity index (χ1v) is 4.79. The summed E-state index contributed by atoms with van der Waals surface area (Å²) in [7, 11) is 0. The molecule has 0 heteroatoms. The largest absolute Gasteiger partial charge is 0.103 e. The minimum absolute atomic E-state index is 0.443. The Labute approximate surface area is 76.4 Å². The van der Waals surface area contributed by atoms with Crippen LogP contribution < -0.4 is 0 Å². The van der Waals surface area contributed by atoms with Crippen molar-refractivity contribution < 1.29 is 0 Å². The number of hydrogen-bond donors (Lipinski definition) is 0.